The number of unbranched alkanes of at least 4 members (excludes halogenated alkanes) is 20. The van der Waals surface area contributed by atoms with Gasteiger partial charge in [0.15, 0.2) is 0 Å². The van der Waals surface area contributed by atoms with Crippen molar-refractivity contribution in [3.63, 3.8) is 0 Å². The van der Waals surface area contributed by atoms with Crippen molar-refractivity contribution in [2.75, 3.05) is 26.4 Å². The molecule has 0 aliphatic rings. The lowest BCUT2D eigenvalue weighted by atomic mass is 9.94. The zero-order valence-corrected chi connectivity index (χ0v) is 56.6. The zero-order chi connectivity index (χ0) is 66.8. The van der Waals surface area contributed by atoms with Gasteiger partial charge in [-0.1, -0.05) is 229 Å². The minimum absolute atomic E-state index is 0.785. The van der Waals surface area contributed by atoms with E-state index < -0.39 is 36.7 Å². The van der Waals surface area contributed by atoms with Crippen LogP contribution in [0.4, 0.5) is 26.3 Å². The van der Waals surface area contributed by atoms with Gasteiger partial charge < -0.3 is 18.9 Å². The van der Waals surface area contributed by atoms with Crippen LogP contribution in [-0.4, -0.2) is 68.8 Å². The number of hydrogen-bond donors (Lipinski definition) is 4. The number of ether oxygens (including phenoxy) is 4. The quantitative estimate of drug-likeness (QED) is 0.0127. The Labute approximate surface area is 549 Å². The second kappa shape index (κ2) is 40.7. The molecule has 10 nitrogen and oxygen atoms in total. The first kappa shape index (κ1) is 78.1. The van der Waals surface area contributed by atoms with Crippen LogP contribution in [0.25, 0.3) is 44.5 Å². The average molecular weight is 1350 g/mol. The van der Waals surface area contributed by atoms with E-state index in [0.29, 0.717) is 0 Å². The van der Waals surface area contributed by atoms with Crippen molar-refractivity contribution >= 4 is 45.5 Å². The molecule has 0 radical (unpaired) electrons. The van der Waals surface area contributed by atoms with Gasteiger partial charge in [-0.25, -0.2) is 0 Å². The maximum Gasteiger partial charge on any atom is 0.439 e. The van der Waals surface area contributed by atoms with Gasteiger partial charge in [0.1, 0.15) is 23.0 Å². The summed E-state index contributed by atoms with van der Waals surface area (Å²) in [7, 11) is -14.1. The fraction of sp³-hybridized carbons (Fsp3) is 0.493. The lowest BCUT2D eigenvalue weighted by Gasteiger charge is -2.28. The van der Waals surface area contributed by atoms with Gasteiger partial charge in [0, 0.05) is 20.9 Å². The largest absolute Gasteiger partial charge is 0.494 e. The van der Waals surface area contributed by atoms with Crippen molar-refractivity contribution in [2.24, 2.45) is 0 Å². The predicted molar refractivity (Wildman–Crippen MR) is 363 cm³/mol. The van der Waals surface area contributed by atoms with Crippen LogP contribution < -0.4 is 18.9 Å². The maximum atomic E-state index is 12.4. The highest BCUT2D eigenvalue weighted by Gasteiger charge is 2.82. The van der Waals surface area contributed by atoms with E-state index in [-0.39, 0.29) is 0 Å². The van der Waals surface area contributed by atoms with Gasteiger partial charge in [-0.15, -0.1) is 25.3 Å². The lowest BCUT2D eigenvalue weighted by Crippen LogP contribution is -2.60. The van der Waals surface area contributed by atoms with Crippen LogP contribution >= 0.6 is 25.3 Å². The molecule has 504 valence electrons. The van der Waals surface area contributed by atoms with Crippen LogP contribution in [0.1, 0.15) is 182 Å². The van der Waals surface area contributed by atoms with E-state index in [1.807, 2.05) is 0 Å². The van der Waals surface area contributed by atoms with Gasteiger partial charge in [-0.3, -0.25) is 9.11 Å². The molecule has 0 atom stereocenters. The SMILES string of the molecule is CCCCCCCCOc1ccc(-c2cccc(S)c2-c2ccc(OCCCCCCCC)cc2)cc1.CCCCCCCCOc1ccc(-c2cccc(S)c2-c2ccc(OCCCCCCCC)cc2)cc1.O=S(=O)(O)C(F)(F)C(F)(F)C(F)(F)S(=O)(=O)O. The summed E-state index contributed by atoms with van der Waals surface area (Å²) >= 11 is 9.62. The van der Waals surface area contributed by atoms with Crippen molar-refractivity contribution in [2.45, 2.75) is 208 Å². The van der Waals surface area contributed by atoms with E-state index in [9.17, 15) is 43.2 Å². The number of benzene rings is 6. The number of hydrogen-bond acceptors (Lipinski definition) is 10. The Hall–Kier alpha value is -5.38. The fourth-order valence-electron chi connectivity index (χ4n) is 9.85. The van der Waals surface area contributed by atoms with Crippen molar-refractivity contribution in [3.05, 3.63) is 133 Å². The Balaban J connectivity index is 0.000000312. The first-order valence-electron chi connectivity index (χ1n) is 32.1. The monoisotopic (exact) mass is 1350 g/mol. The van der Waals surface area contributed by atoms with Crippen LogP contribution in [-0.2, 0) is 20.2 Å². The molecule has 0 amide bonds. The summed E-state index contributed by atoms with van der Waals surface area (Å²) in [5.74, 6) is -3.34. The third kappa shape index (κ3) is 25.5. The molecular formula is C71H94F6O10S4. The number of halogens is 6. The lowest BCUT2D eigenvalue weighted by molar-refractivity contribution is -0.247. The molecule has 0 aliphatic heterocycles. The molecule has 91 heavy (non-hydrogen) atoms. The number of alkyl halides is 6. The van der Waals surface area contributed by atoms with Gasteiger partial charge in [0.2, 0.25) is 0 Å². The van der Waals surface area contributed by atoms with Gasteiger partial charge in [0.05, 0.1) is 26.4 Å². The molecule has 2 N–H and O–H groups in total. The third-order valence-electron chi connectivity index (χ3n) is 15.1. The number of thiol groups is 2. The summed E-state index contributed by atoms with van der Waals surface area (Å²) in [6.07, 6.45) is 30.6. The Kier molecular flexibility index (Phi) is 34.9. The van der Waals surface area contributed by atoms with E-state index >= 15 is 0 Å². The summed E-state index contributed by atoms with van der Waals surface area (Å²) in [4.78, 5) is 1.95. The highest BCUT2D eigenvalue weighted by atomic mass is 32.2. The molecule has 0 aromatic heterocycles. The summed E-state index contributed by atoms with van der Waals surface area (Å²) in [6.45, 7) is 12.2. The molecule has 0 fully saturated rings. The van der Waals surface area contributed by atoms with E-state index in [2.05, 4.69) is 161 Å². The summed E-state index contributed by atoms with van der Waals surface area (Å²) < 4.78 is 152. The molecule has 6 aromatic rings. The van der Waals surface area contributed by atoms with Crippen LogP contribution in [0.3, 0.4) is 0 Å². The molecule has 0 bridgehead atoms. The van der Waals surface area contributed by atoms with Gasteiger partial charge in [0.25, 0.3) is 0 Å². The molecule has 0 aliphatic carbocycles. The third-order valence-corrected chi connectivity index (χ3v) is 17.7. The van der Waals surface area contributed by atoms with Crippen LogP contribution in [0.15, 0.2) is 143 Å². The highest BCUT2D eigenvalue weighted by Crippen LogP contribution is 2.50. The molecular weight excluding hydrogens is 1260 g/mol. The molecule has 20 heteroatoms. The van der Waals surface area contributed by atoms with Gasteiger partial charge in [-0.2, -0.15) is 43.2 Å². The topological polar surface area (TPSA) is 146 Å². The maximum absolute atomic E-state index is 12.4. The van der Waals surface area contributed by atoms with Crippen LogP contribution in [0.5, 0.6) is 23.0 Å². The normalized spacial score (nSPS) is 11.9. The Morgan fingerprint density at radius 2 is 0.549 bits per heavy atom. The summed E-state index contributed by atoms with van der Waals surface area (Å²) in [6, 6.07) is 46.5. The van der Waals surface area contributed by atoms with E-state index in [4.69, 9.17) is 53.3 Å². The first-order chi connectivity index (χ1) is 43.4. The standard InChI is InChI=1S/2C34H46O2S.C3H2F6O6S2/c2*1-3-5-7-9-11-13-26-35-30-22-18-28(19-23-30)32-16-15-17-33(37)34(32)29-20-24-31(25-21-29)36-27-14-12-10-8-6-4-2;4-1(5,2(6,7)16(10,11)12)3(8,9)17(13,14)15/h2*15-25,37H,3-14,26-27H2,1-2H3;(H,10,11,12)(H,13,14,15). The Morgan fingerprint density at radius 3 is 0.780 bits per heavy atom. The first-order valence-corrected chi connectivity index (χ1v) is 35.9. The molecule has 0 saturated carbocycles. The minimum Gasteiger partial charge on any atom is -0.494 e. The molecule has 0 spiro atoms. The van der Waals surface area contributed by atoms with E-state index in [1.165, 1.54) is 151 Å². The van der Waals surface area contributed by atoms with Crippen molar-refractivity contribution in [1.29, 1.82) is 0 Å². The molecule has 6 aromatic carbocycles. The van der Waals surface area contributed by atoms with E-state index in [0.717, 1.165) is 107 Å². The average Bonchev–Trinajstić information content (AvgIpc) is 0.738. The summed E-state index contributed by atoms with van der Waals surface area (Å²) in [5.41, 5.74) is 9.28. The van der Waals surface area contributed by atoms with Crippen molar-refractivity contribution in [3.8, 4) is 67.5 Å². The second-order valence-corrected chi connectivity index (χ2v) is 26.4. The van der Waals surface area contributed by atoms with Crippen LogP contribution in [0.2, 0.25) is 0 Å². The number of rotatable bonds is 40. The zero-order valence-electron chi connectivity index (χ0n) is 53.1. The second-order valence-electron chi connectivity index (χ2n) is 22.5. The Morgan fingerprint density at radius 1 is 0.330 bits per heavy atom. The van der Waals surface area contributed by atoms with Gasteiger partial charge >= 0.3 is 36.7 Å². The summed E-state index contributed by atoms with van der Waals surface area (Å²) in [5, 5.41) is -13.6. The predicted octanol–water partition coefficient (Wildman–Crippen LogP) is 22.2. The molecule has 0 saturated heterocycles. The minimum atomic E-state index is -7.08. The Bertz CT molecular complexity index is 3010. The highest BCUT2D eigenvalue weighted by molar-refractivity contribution is 7.88. The van der Waals surface area contributed by atoms with Crippen molar-refractivity contribution in [1.82, 2.24) is 0 Å². The molecule has 0 unspecified atom stereocenters. The van der Waals surface area contributed by atoms with Gasteiger partial charge in [-0.05, 0) is 120 Å². The molecule has 6 rings (SSSR count). The van der Waals surface area contributed by atoms with Crippen molar-refractivity contribution < 1.29 is 71.2 Å². The smallest absolute Gasteiger partial charge is 0.439 e. The van der Waals surface area contributed by atoms with E-state index in [1.54, 1.807) is 0 Å². The fourth-order valence-corrected chi connectivity index (χ4v) is 11.5. The molecule has 0 heterocycles. The van der Waals surface area contributed by atoms with Crippen LogP contribution in [0, 0.1) is 0 Å².